The maximum Gasteiger partial charge on any atom is 0.308 e. The molecule has 0 saturated heterocycles. The quantitative estimate of drug-likeness (QED) is 0.547. The lowest BCUT2D eigenvalue weighted by molar-refractivity contribution is -0.148. The molecule has 1 aromatic heterocycles. The molecule has 0 amide bonds. The molecule has 0 fully saturated rings. The van der Waals surface area contributed by atoms with Crippen LogP contribution in [0.25, 0.3) is 0 Å². The highest BCUT2D eigenvalue weighted by molar-refractivity contribution is 5.71. The number of esters is 1. The number of rotatable bonds is 6. The van der Waals surface area contributed by atoms with Crippen molar-refractivity contribution in [3.63, 3.8) is 0 Å². The molecule has 1 aromatic rings. The van der Waals surface area contributed by atoms with Gasteiger partial charge in [-0.15, -0.1) is 0 Å². The van der Waals surface area contributed by atoms with Gasteiger partial charge in [-0.3, -0.25) is 9.78 Å². The molecule has 1 rings (SSSR count). The first-order valence-electron chi connectivity index (χ1n) is 5.79. The molecule has 0 aromatic carbocycles. The van der Waals surface area contributed by atoms with E-state index in [9.17, 15) is 4.79 Å². The van der Waals surface area contributed by atoms with E-state index in [-0.39, 0.29) is 11.9 Å². The van der Waals surface area contributed by atoms with Crippen LogP contribution in [0.3, 0.4) is 0 Å². The Morgan fingerprint density at radius 2 is 2.38 bits per heavy atom. The van der Waals surface area contributed by atoms with Crippen molar-refractivity contribution in [3.05, 3.63) is 30.1 Å². The lowest BCUT2D eigenvalue weighted by atomic mass is 10.1. The molecule has 1 atom stereocenters. The predicted molar refractivity (Wildman–Crippen MR) is 63.0 cm³/mol. The van der Waals surface area contributed by atoms with E-state index in [0.29, 0.717) is 6.61 Å². The first kappa shape index (κ1) is 12.7. The smallest absolute Gasteiger partial charge is 0.308 e. The third kappa shape index (κ3) is 4.43. The van der Waals surface area contributed by atoms with Crippen molar-refractivity contribution in [3.8, 4) is 0 Å². The molecular weight excluding hydrogens is 202 g/mol. The number of aromatic nitrogens is 1. The first-order valence-corrected chi connectivity index (χ1v) is 5.79. The third-order valence-corrected chi connectivity index (χ3v) is 2.59. The van der Waals surface area contributed by atoms with Gasteiger partial charge in [-0.2, -0.15) is 0 Å². The summed E-state index contributed by atoms with van der Waals surface area (Å²) >= 11 is 0. The summed E-state index contributed by atoms with van der Waals surface area (Å²) in [6, 6.07) is 3.95. The Morgan fingerprint density at radius 3 is 3.00 bits per heavy atom. The number of nitrogens with zero attached hydrogens (tertiary/aromatic N) is 1. The van der Waals surface area contributed by atoms with Gasteiger partial charge in [0.05, 0.1) is 12.5 Å². The van der Waals surface area contributed by atoms with E-state index >= 15 is 0 Å². The monoisotopic (exact) mass is 221 g/mol. The Hall–Kier alpha value is -1.38. The Labute approximate surface area is 96.8 Å². The maximum absolute atomic E-state index is 11.4. The van der Waals surface area contributed by atoms with Crippen molar-refractivity contribution < 1.29 is 9.53 Å². The van der Waals surface area contributed by atoms with Crippen molar-refractivity contribution in [2.45, 2.75) is 33.1 Å². The normalized spacial score (nSPS) is 12.1. The molecule has 0 spiro atoms. The second kappa shape index (κ2) is 6.99. The van der Waals surface area contributed by atoms with Crippen LogP contribution in [0, 0.1) is 5.92 Å². The van der Waals surface area contributed by atoms with Gasteiger partial charge in [0, 0.05) is 12.4 Å². The Morgan fingerprint density at radius 1 is 1.56 bits per heavy atom. The zero-order chi connectivity index (χ0) is 11.8. The lowest BCUT2D eigenvalue weighted by Gasteiger charge is -2.08. The molecule has 3 nitrogen and oxygen atoms in total. The van der Waals surface area contributed by atoms with Gasteiger partial charge < -0.3 is 4.74 Å². The molecule has 1 unspecified atom stereocenters. The van der Waals surface area contributed by atoms with Crippen molar-refractivity contribution in [2.24, 2.45) is 5.92 Å². The number of carbonyl (C=O) groups is 1. The van der Waals surface area contributed by atoms with Crippen LogP contribution in [0.15, 0.2) is 24.5 Å². The highest BCUT2D eigenvalue weighted by Gasteiger charge is 2.10. The fourth-order valence-corrected chi connectivity index (χ4v) is 1.30. The van der Waals surface area contributed by atoms with Crippen LogP contribution in [0.2, 0.25) is 0 Å². The SMILES string of the molecule is CCC(C)C(=O)OCCCc1cccnc1. The van der Waals surface area contributed by atoms with E-state index in [2.05, 4.69) is 4.98 Å². The van der Waals surface area contributed by atoms with E-state index in [4.69, 9.17) is 4.74 Å². The molecule has 0 N–H and O–H groups in total. The van der Waals surface area contributed by atoms with Gasteiger partial charge in [-0.25, -0.2) is 0 Å². The number of ether oxygens (including phenoxy) is 1. The molecule has 0 aliphatic heterocycles. The van der Waals surface area contributed by atoms with Crippen molar-refractivity contribution in [1.82, 2.24) is 4.98 Å². The van der Waals surface area contributed by atoms with Crippen molar-refractivity contribution >= 4 is 5.97 Å². The first-order chi connectivity index (χ1) is 7.74. The summed E-state index contributed by atoms with van der Waals surface area (Å²) in [5.74, 6) is -0.0768. The zero-order valence-electron chi connectivity index (χ0n) is 9.98. The van der Waals surface area contributed by atoms with Crippen LogP contribution >= 0.6 is 0 Å². The molecule has 16 heavy (non-hydrogen) atoms. The summed E-state index contributed by atoms with van der Waals surface area (Å²) in [6.07, 6.45) is 6.19. The van der Waals surface area contributed by atoms with Gasteiger partial charge >= 0.3 is 5.97 Å². The summed E-state index contributed by atoms with van der Waals surface area (Å²) < 4.78 is 5.16. The van der Waals surface area contributed by atoms with E-state index < -0.39 is 0 Å². The number of hydrogen-bond acceptors (Lipinski definition) is 3. The topological polar surface area (TPSA) is 39.2 Å². The second-order valence-electron chi connectivity index (χ2n) is 3.94. The fraction of sp³-hybridized carbons (Fsp3) is 0.538. The minimum atomic E-state index is -0.0892. The summed E-state index contributed by atoms with van der Waals surface area (Å²) in [6.45, 7) is 4.38. The summed E-state index contributed by atoms with van der Waals surface area (Å²) in [5.41, 5.74) is 1.18. The third-order valence-electron chi connectivity index (χ3n) is 2.59. The van der Waals surface area contributed by atoms with Gasteiger partial charge in [0.25, 0.3) is 0 Å². The molecular formula is C13H19NO2. The molecule has 0 aliphatic carbocycles. The van der Waals surface area contributed by atoms with Gasteiger partial charge in [-0.05, 0) is 30.9 Å². The van der Waals surface area contributed by atoms with E-state index in [1.54, 1.807) is 6.20 Å². The predicted octanol–water partition coefficient (Wildman–Crippen LogP) is 2.60. The molecule has 88 valence electrons. The van der Waals surface area contributed by atoms with Gasteiger partial charge in [0.15, 0.2) is 0 Å². The molecule has 0 bridgehead atoms. The maximum atomic E-state index is 11.4. The van der Waals surface area contributed by atoms with Crippen LogP contribution in [0.5, 0.6) is 0 Å². The van der Waals surface area contributed by atoms with Gasteiger partial charge in [-0.1, -0.05) is 19.9 Å². The molecule has 0 aliphatic rings. The Bertz CT molecular complexity index is 311. The summed E-state index contributed by atoms with van der Waals surface area (Å²) in [5, 5.41) is 0. The van der Waals surface area contributed by atoms with Gasteiger partial charge in [0.2, 0.25) is 0 Å². The molecule has 1 heterocycles. The van der Waals surface area contributed by atoms with E-state index in [0.717, 1.165) is 19.3 Å². The van der Waals surface area contributed by atoms with E-state index in [1.807, 2.05) is 32.2 Å². The van der Waals surface area contributed by atoms with Crippen LogP contribution in [-0.4, -0.2) is 17.6 Å². The van der Waals surface area contributed by atoms with Gasteiger partial charge in [0.1, 0.15) is 0 Å². The molecule has 0 radical (unpaired) electrons. The highest BCUT2D eigenvalue weighted by atomic mass is 16.5. The van der Waals surface area contributed by atoms with Crippen LogP contribution in [0.4, 0.5) is 0 Å². The van der Waals surface area contributed by atoms with Crippen LogP contribution in [0.1, 0.15) is 32.3 Å². The van der Waals surface area contributed by atoms with Crippen molar-refractivity contribution in [1.29, 1.82) is 0 Å². The fourth-order valence-electron chi connectivity index (χ4n) is 1.30. The number of hydrogen-bond donors (Lipinski definition) is 0. The number of pyridine rings is 1. The van der Waals surface area contributed by atoms with Crippen molar-refractivity contribution in [2.75, 3.05) is 6.61 Å². The van der Waals surface area contributed by atoms with Crippen LogP contribution in [-0.2, 0) is 16.0 Å². The zero-order valence-corrected chi connectivity index (χ0v) is 9.98. The number of carbonyl (C=O) groups excluding carboxylic acids is 1. The largest absolute Gasteiger partial charge is 0.465 e. The minimum Gasteiger partial charge on any atom is -0.465 e. The summed E-state index contributed by atoms with van der Waals surface area (Å²) in [4.78, 5) is 15.4. The second-order valence-corrected chi connectivity index (χ2v) is 3.94. The molecule has 3 heteroatoms. The lowest BCUT2D eigenvalue weighted by Crippen LogP contribution is -2.14. The highest BCUT2D eigenvalue weighted by Crippen LogP contribution is 2.05. The van der Waals surface area contributed by atoms with Crippen LogP contribution < -0.4 is 0 Å². The Balaban J connectivity index is 2.15. The summed E-state index contributed by atoms with van der Waals surface area (Å²) in [7, 11) is 0. The van der Waals surface area contributed by atoms with E-state index in [1.165, 1.54) is 5.56 Å². The standard InChI is InChI=1S/C13H19NO2/c1-3-11(2)13(15)16-9-5-7-12-6-4-8-14-10-12/h4,6,8,10-11H,3,5,7,9H2,1-2H3. The minimum absolute atomic E-state index is 0.0124. The Kier molecular flexibility index (Phi) is 5.54. The molecule has 0 saturated carbocycles. The average Bonchev–Trinajstić information content (AvgIpc) is 2.34. The number of aryl methyl sites for hydroxylation is 1. The average molecular weight is 221 g/mol.